The third kappa shape index (κ3) is 2.90. The van der Waals surface area contributed by atoms with Crippen molar-refractivity contribution in [3.05, 3.63) is 68.7 Å². The molecule has 0 aliphatic carbocycles. The van der Waals surface area contributed by atoms with Crippen molar-refractivity contribution in [3.63, 3.8) is 0 Å². The topological polar surface area (TPSA) is 58.6 Å². The number of fused-ring (bicyclic) bond motifs is 1. The Bertz CT molecular complexity index is 905. The summed E-state index contributed by atoms with van der Waals surface area (Å²) in [4.78, 5) is 22.8. The molecule has 0 spiro atoms. The van der Waals surface area contributed by atoms with Gasteiger partial charge >= 0.3 is 0 Å². The predicted molar refractivity (Wildman–Crippen MR) is 83.2 cm³/mol. The van der Waals surface area contributed by atoms with Crippen LogP contribution in [0.4, 0.5) is 4.39 Å². The van der Waals surface area contributed by atoms with Gasteiger partial charge in [0.15, 0.2) is 0 Å². The number of nitrogens with zero attached hydrogens (tertiary/aromatic N) is 2. The van der Waals surface area contributed by atoms with E-state index >= 15 is 0 Å². The van der Waals surface area contributed by atoms with Crippen LogP contribution in [0, 0.1) is 5.82 Å². The summed E-state index contributed by atoms with van der Waals surface area (Å²) < 4.78 is 13.8. The second kappa shape index (κ2) is 5.57. The first-order chi connectivity index (χ1) is 10.1. The molecule has 0 aliphatic heterocycles. The summed E-state index contributed by atoms with van der Waals surface area (Å²) in [6.07, 6.45) is 6.37. The second-order valence-electron chi connectivity index (χ2n) is 4.35. The van der Waals surface area contributed by atoms with Crippen molar-refractivity contribution < 1.29 is 4.39 Å². The molecule has 0 saturated carbocycles. The predicted octanol–water partition coefficient (Wildman–Crippen LogP) is 3.39. The van der Waals surface area contributed by atoms with Crippen molar-refractivity contribution in [1.82, 2.24) is 15.0 Å². The van der Waals surface area contributed by atoms with Gasteiger partial charge in [0.25, 0.3) is 5.56 Å². The fourth-order valence-corrected chi connectivity index (χ4v) is 2.13. The molecule has 1 N–H and O–H groups in total. The summed E-state index contributed by atoms with van der Waals surface area (Å²) in [5.41, 5.74) is 0.955. The molecule has 3 rings (SSSR count). The Kier molecular flexibility index (Phi) is 3.62. The van der Waals surface area contributed by atoms with Gasteiger partial charge in [-0.05, 0) is 45.8 Å². The van der Waals surface area contributed by atoms with Gasteiger partial charge < -0.3 is 4.98 Å². The van der Waals surface area contributed by atoms with E-state index in [0.29, 0.717) is 26.8 Å². The average Bonchev–Trinajstić information content (AvgIpc) is 2.49. The van der Waals surface area contributed by atoms with E-state index in [2.05, 4.69) is 30.9 Å². The third-order valence-electron chi connectivity index (χ3n) is 2.90. The molecule has 104 valence electrons. The Labute approximate surface area is 127 Å². The lowest BCUT2D eigenvalue weighted by atomic mass is 10.2. The molecule has 0 fully saturated rings. The number of pyridine rings is 1. The van der Waals surface area contributed by atoms with E-state index in [1.807, 2.05) is 0 Å². The summed E-state index contributed by atoms with van der Waals surface area (Å²) in [6.45, 7) is 0. The van der Waals surface area contributed by atoms with Gasteiger partial charge in [0.2, 0.25) is 0 Å². The van der Waals surface area contributed by atoms with E-state index in [1.54, 1.807) is 36.5 Å². The minimum atomic E-state index is -0.346. The number of halogens is 2. The van der Waals surface area contributed by atoms with Crippen LogP contribution in [0.5, 0.6) is 0 Å². The first-order valence-corrected chi connectivity index (χ1v) is 6.90. The van der Waals surface area contributed by atoms with Crippen molar-refractivity contribution in [1.29, 1.82) is 0 Å². The molecule has 2 aromatic heterocycles. The summed E-state index contributed by atoms with van der Waals surface area (Å²) in [7, 11) is 0. The Morgan fingerprint density at radius 2 is 2.10 bits per heavy atom. The summed E-state index contributed by atoms with van der Waals surface area (Å²) in [5.74, 6) is 0.0464. The molecule has 6 heteroatoms. The van der Waals surface area contributed by atoms with Crippen molar-refractivity contribution in [2.75, 3.05) is 0 Å². The fourth-order valence-electron chi connectivity index (χ4n) is 1.88. The number of aromatic nitrogens is 3. The van der Waals surface area contributed by atoms with Crippen LogP contribution in [-0.4, -0.2) is 15.0 Å². The minimum Gasteiger partial charge on any atom is -0.306 e. The van der Waals surface area contributed by atoms with Gasteiger partial charge in [-0.25, -0.2) is 9.37 Å². The van der Waals surface area contributed by atoms with Gasteiger partial charge in [-0.1, -0.05) is 12.1 Å². The van der Waals surface area contributed by atoms with Crippen molar-refractivity contribution in [2.24, 2.45) is 0 Å². The number of hydrogen-bond donors (Lipinski definition) is 1. The van der Waals surface area contributed by atoms with Gasteiger partial charge in [0.05, 0.1) is 21.6 Å². The number of rotatable bonds is 2. The summed E-state index contributed by atoms with van der Waals surface area (Å²) in [6, 6.07) is 6.37. The quantitative estimate of drug-likeness (QED) is 0.774. The first-order valence-electron chi connectivity index (χ1n) is 6.11. The fraction of sp³-hybridized carbons (Fsp3) is 0. The molecule has 1 aromatic carbocycles. The maximum Gasteiger partial charge on any atom is 0.259 e. The van der Waals surface area contributed by atoms with Gasteiger partial charge in [-0.2, -0.15) is 0 Å². The van der Waals surface area contributed by atoms with E-state index in [0.717, 1.165) is 0 Å². The smallest absolute Gasteiger partial charge is 0.259 e. The van der Waals surface area contributed by atoms with Gasteiger partial charge in [-0.15, -0.1) is 0 Å². The Morgan fingerprint density at radius 3 is 2.90 bits per heavy atom. The SMILES string of the molecule is O=c1[nH]c(/C=C/c2ccc(Br)c(F)c2)nc2cnccc12. The first kappa shape index (κ1) is 13.6. The molecular weight excluding hydrogens is 337 g/mol. The van der Waals surface area contributed by atoms with Crippen LogP contribution < -0.4 is 5.56 Å². The molecule has 0 amide bonds. The van der Waals surface area contributed by atoms with Crippen LogP contribution in [0.15, 0.2) is 45.9 Å². The molecule has 0 aliphatic rings. The zero-order valence-corrected chi connectivity index (χ0v) is 12.3. The minimum absolute atomic E-state index is 0.232. The van der Waals surface area contributed by atoms with Crippen molar-refractivity contribution in [2.45, 2.75) is 0 Å². The van der Waals surface area contributed by atoms with E-state index in [4.69, 9.17) is 0 Å². The summed E-state index contributed by atoms with van der Waals surface area (Å²) in [5, 5.41) is 0.483. The monoisotopic (exact) mass is 345 g/mol. The highest BCUT2D eigenvalue weighted by Gasteiger charge is 2.02. The molecule has 0 saturated heterocycles. The summed E-state index contributed by atoms with van der Waals surface area (Å²) >= 11 is 3.10. The maximum atomic E-state index is 13.4. The number of aromatic amines is 1. The lowest BCUT2D eigenvalue weighted by Gasteiger charge is -1.99. The van der Waals surface area contributed by atoms with Crippen LogP contribution in [0.25, 0.3) is 23.1 Å². The maximum absolute atomic E-state index is 13.4. The average molecular weight is 346 g/mol. The molecule has 0 atom stereocenters. The third-order valence-corrected chi connectivity index (χ3v) is 3.55. The molecule has 0 bridgehead atoms. The standard InChI is InChI=1S/C15H9BrFN3O/c16-11-3-1-9(7-12(11)17)2-4-14-19-13-8-18-6-5-10(13)15(21)20-14/h1-8H,(H,19,20,21)/b4-2+. The van der Waals surface area contributed by atoms with E-state index in [1.165, 1.54) is 12.3 Å². The molecule has 0 unspecified atom stereocenters. The lowest BCUT2D eigenvalue weighted by molar-refractivity contribution is 0.621. The number of nitrogens with one attached hydrogen (secondary N) is 1. The van der Waals surface area contributed by atoms with E-state index in [9.17, 15) is 9.18 Å². The molecule has 2 heterocycles. The van der Waals surface area contributed by atoms with Crippen LogP contribution in [-0.2, 0) is 0 Å². The Balaban J connectivity index is 1.99. The molecule has 21 heavy (non-hydrogen) atoms. The largest absolute Gasteiger partial charge is 0.306 e. The van der Waals surface area contributed by atoms with Gasteiger partial charge in [0, 0.05) is 6.20 Å². The van der Waals surface area contributed by atoms with Crippen molar-refractivity contribution >= 4 is 39.0 Å². The highest BCUT2D eigenvalue weighted by Crippen LogP contribution is 2.17. The normalized spacial score (nSPS) is 11.3. The molecular formula is C15H9BrFN3O. The van der Waals surface area contributed by atoms with Crippen LogP contribution in [0.3, 0.4) is 0 Å². The van der Waals surface area contributed by atoms with Crippen LogP contribution >= 0.6 is 15.9 Å². The highest BCUT2D eigenvalue weighted by molar-refractivity contribution is 9.10. The Morgan fingerprint density at radius 1 is 1.24 bits per heavy atom. The van der Waals surface area contributed by atoms with Crippen LogP contribution in [0.1, 0.15) is 11.4 Å². The van der Waals surface area contributed by atoms with Gasteiger partial charge in [0.1, 0.15) is 11.6 Å². The number of benzene rings is 1. The zero-order chi connectivity index (χ0) is 14.8. The highest BCUT2D eigenvalue weighted by atomic mass is 79.9. The Hall–Kier alpha value is -2.34. The lowest BCUT2D eigenvalue weighted by Crippen LogP contribution is -2.09. The van der Waals surface area contributed by atoms with E-state index < -0.39 is 0 Å². The molecule has 0 radical (unpaired) electrons. The number of H-pyrrole nitrogens is 1. The van der Waals surface area contributed by atoms with Gasteiger partial charge in [-0.3, -0.25) is 9.78 Å². The van der Waals surface area contributed by atoms with Crippen LogP contribution in [0.2, 0.25) is 0 Å². The second-order valence-corrected chi connectivity index (χ2v) is 5.21. The molecule has 3 aromatic rings. The van der Waals surface area contributed by atoms with Crippen molar-refractivity contribution in [3.8, 4) is 0 Å². The molecule has 4 nitrogen and oxygen atoms in total. The zero-order valence-electron chi connectivity index (χ0n) is 10.7. The van der Waals surface area contributed by atoms with E-state index in [-0.39, 0.29) is 11.4 Å². The number of hydrogen-bond acceptors (Lipinski definition) is 3.